The van der Waals surface area contributed by atoms with Gasteiger partial charge in [-0.05, 0) is 24.6 Å². The molecule has 1 N–H and O–H groups in total. The first-order chi connectivity index (χ1) is 13.3. The van der Waals surface area contributed by atoms with Gasteiger partial charge in [-0.15, -0.1) is 0 Å². The Morgan fingerprint density at radius 2 is 1.64 bits per heavy atom. The number of nitrogens with one attached hydrogen (secondary N) is 1. The summed E-state index contributed by atoms with van der Waals surface area (Å²) < 4.78 is 12.6. The highest BCUT2D eigenvalue weighted by Crippen LogP contribution is 2.25. The number of methoxy groups -OCH3 is 2. The lowest BCUT2D eigenvalue weighted by Crippen LogP contribution is -2.37. The molecule has 3 aromatic rings. The third-order valence-corrected chi connectivity index (χ3v) is 4.51. The molecule has 0 unspecified atom stereocenters. The van der Waals surface area contributed by atoms with Crippen molar-refractivity contribution < 1.29 is 14.3 Å². The first-order valence-electron chi connectivity index (χ1n) is 8.38. The number of benzene rings is 1. The van der Waals surface area contributed by atoms with Crippen LogP contribution in [0.3, 0.4) is 0 Å². The molecule has 0 radical (unpaired) electrons. The Kier molecular flexibility index (Phi) is 4.91. The molecule has 0 saturated heterocycles. The summed E-state index contributed by atoms with van der Waals surface area (Å²) in [6.45, 7) is 1.72. The van der Waals surface area contributed by atoms with E-state index >= 15 is 0 Å². The molecule has 0 aliphatic heterocycles. The summed E-state index contributed by atoms with van der Waals surface area (Å²) in [5.74, 6) is 0.460. The molecule has 0 aliphatic rings. The topological polar surface area (TPSA) is 104 Å². The summed E-state index contributed by atoms with van der Waals surface area (Å²) in [5.41, 5.74) is 0.343. The average Bonchev–Trinajstić information content (AvgIpc) is 2.71. The van der Waals surface area contributed by atoms with Crippen molar-refractivity contribution in [3.63, 3.8) is 0 Å². The van der Waals surface area contributed by atoms with Gasteiger partial charge >= 0.3 is 5.69 Å². The van der Waals surface area contributed by atoms with Crippen LogP contribution >= 0.6 is 0 Å². The molecule has 0 fully saturated rings. The van der Waals surface area contributed by atoms with Gasteiger partial charge in [-0.1, -0.05) is 0 Å². The molecule has 9 heteroatoms. The number of amides is 1. The van der Waals surface area contributed by atoms with Crippen molar-refractivity contribution in [2.24, 2.45) is 14.1 Å². The minimum absolute atomic E-state index is 0.160. The third-order valence-electron chi connectivity index (χ3n) is 4.51. The first-order valence-corrected chi connectivity index (χ1v) is 8.38. The van der Waals surface area contributed by atoms with Crippen molar-refractivity contribution in [1.29, 1.82) is 0 Å². The lowest BCUT2D eigenvalue weighted by molar-refractivity contribution is 0.102. The molecule has 2 heterocycles. The maximum atomic E-state index is 12.9. The molecule has 3 rings (SSSR count). The van der Waals surface area contributed by atoms with Crippen molar-refractivity contribution in [2.45, 2.75) is 6.92 Å². The zero-order valence-corrected chi connectivity index (χ0v) is 16.2. The highest BCUT2D eigenvalue weighted by atomic mass is 16.5. The second-order valence-corrected chi connectivity index (χ2v) is 6.28. The van der Waals surface area contributed by atoms with Crippen molar-refractivity contribution in [1.82, 2.24) is 14.1 Å². The number of carbonyl (C=O) groups excluding carboxylic acids is 1. The molecule has 0 aliphatic carbocycles. The molecule has 1 amide bonds. The van der Waals surface area contributed by atoms with E-state index in [4.69, 9.17) is 9.47 Å². The van der Waals surface area contributed by atoms with Gasteiger partial charge in [0.05, 0.1) is 19.9 Å². The van der Waals surface area contributed by atoms with Crippen LogP contribution in [0, 0.1) is 6.92 Å². The van der Waals surface area contributed by atoms with Crippen LogP contribution in [0.1, 0.15) is 15.9 Å². The molecule has 0 spiro atoms. The van der Waals surface area contributed by atoms with E-state index in [0.717, 1.165) is 4.57 Å². The summed E-state index contributed by atoms with van der Waals surface area (Å²) in [7, 11) is 5.87. The Morgan fingerprint density at radius 1 is 1.04 bits per heavy atom. The van der Waals surface area contributed by atoms with Crippen LogP contribution in [0.2, 0.25) is 0 Å². The van der Waals surface area contributed by atoms with Crippen LogP contribution < -0.4 is 26.0 Å². The zero-order chi connectivity index (χ0) is 20.6. The lowest BCUT2D eigenvalue weighted by Gasteiger charge is -2.14. The predicted octanol–water partition coefficient (Wildman–Crippen LogP) is 1.21. The zero-order valence-electron chi connectivity index (χ0n) is 16.2. The SMILES string of the molecule is COc1cc(OC)cc(C(=O)Nc2c(C)cnc3c2c(=O)n(C)c(=O)n3C)c1. The van der Waals surface area contributed by atoms with Crippen LogP contribution in [0.15, 0.2) is 34.0 Å². The minimum Gasteiger partial charge on any atom is -0.497 e. The number of hydrogen-bond acceptors (Lipinski definition) is 6. The van der Waals surface area contributed by atoms with Gasteiger partial charge in [-0.25, -0.2) is 9.78 Å². The Labute approximate surface area is 160 Å². The van der Waals surface area contributed by atoms with E-state index < -0.39 is 17.2 Å². The lowest BCUT2D eigenvalue weighted by atomic mass is 10.1. The largest absolute Gasteiger partial charge is 0.497 e. The molecule has 1 aromatic carbocycles. The first kappa shape index (κ1) is 19.2. The van der Waals surface area contributed by atoms with Gasteiger partial charge in [0, 0.05) is 31.9 Å². The predicted molar refractivity (Wildman–Crippen MR) is 104 cm³/mol. The summed E-state index contributed by atoms with van der Waals surface area (Å²) in [6, 6.07) is 4.77. The number of nitrogens with zero attached hydrogens (tertiary/aromatic N) is 3. The highest BCUT2D eigenvalue weighted by molar-refractivity contribution is 6.09. The van der Waals surface area contributed by atoms with Crippen LogP contribution in [-0.4, -0.2) is 34.2 Å². The molecular formula is C19H20N4O5. The Balaban J connectivity index is 2.18. The number of rotatable bonds is 4. The fourth-order valence-corrected chi connectivity index (χ4v) is 2.91. The molecule has 146 valence electrons. The van der Waals surface area contributed by atoms with Gasteiger partial charge in [0.15, 0.2) is 5.65 Å². The Morgan fingerprint density at radius 3 is 2.21 bits per heavy atom. The van der Waals surface area contributed by atoms with E-state index in [9.17, 15) is 14.4 Å². The number of hydrogen-bond donors (Lipinski definition) is 1. The van der Waals surface area contributed by atoms with Gasteiger partial charge < -0.3 is 14.8 Å². The number of aryl methyl sites for hydroxylation is 2. The van der Waals surface area contributed by atoms with Crippen LogP contribution in [0.4, 0.5) is 5.69 Å². The third kappa shape index (κ3) is 3.11. The Bertz CT molecular complexity index is 1190. The van der Waals surface area contributed by atoms with Crippen molar-refractivity contribution >= 4 is 22.6 Å². The average molecular weight is 384 g/mol. The van der Waals surface area contributed by atoms with Crippen molar-refractivity contribution in [3.8, 4) is 11.5 Å². The van der Waals surface area contributed by atoms with E-state index in [1.165, 1.54) is 39.1 Å². The van der Waals surface area contributed by atoms with Crippen molar-refractivity contribution in [2.75, 3.05) is 19.5 Å². The fraction of sp³-hybridized carbons (Fsp3) is 0.263. The van der Waals surface area contributed by atoms with Crippen LogP contribution in [-0.2, 0) is 14.1 Å². The molecule has 0 saturated carbocycles. The number of aromatic nitrogens is 3. The van der Waals surface area contributed by atoms with Crippen molar-refractivity contribution in [3.05, 3.63) is 56.4 Å². The van der Waals surface area contributed by atoms with E-state index in [-0.39, 0.29) is 11.0 Å². The van der Waals surface area contributed by atoms with Gasteiger partial charge in [0.1, 0.15) is 16.9 Å². The van der Waals surface area contributed by atoms with E-state index in [1.807, 2.05) is 0 Å². The number of fused-ring (bicyclic) bond motifs is 1. The van der Waals surface area contributed by atoms with Crippen LogP contribution in [0.5, 0.6) is 11.5 Å². The summed E-state index contributed by atoms with van der Waals surface area (Å²) in [5, 5.41) is 2.93. The number of carbonyl (C=O) groups is 1. The van der Waals surface area contributed by atoms with Gasteiger partial charge in [0.2, 0.25) is 0 Å². The minimum atomic E-state index is -0.534. The summed E-state index contributed by atoms with van der Waals surface area (Å²) in [4.78, 5) is 41.9. The number of anilines is 1. The standard InChI is InChI=1S/C19H20N4O5/c1-10-9-20-16-14(18(25)23(3)19(26)22(16)2)15(10)21-17(24)11-6-12(27-4)8-13(7-11)28-5/h6-9H,1-5H3,(H,20,21,24). The molecule has 9 nitrogen and oxygen atoms in total. The summed E-state index contributed by atoms with van der Waals surface area (Å²) >= 11 is 0. The van der Waals surface area contributed by atoms with Gasteiger partial charge in [0.25, 0.3) is 11.5 Å². The monoisotopic (exact) mass is 384 g/mol. The molecular weight excluding hydrogens is 364 g/mol. The molecule has 0 bridgehead atoms. The quantitative estimate of drug-likeness (QED) is 0.725. The molecule has 2 aromatic heterocycles. The van der Waals surface area contributed by atoms with Crippen LogP contribution in [0.25, 0.3) is 11.0 Å². The number of pyridine rings is 1. The fourth-order valence-electron chi connectivity index (χ4n) is 2.91. The van der Waals surface area contributed by atoms with E-state index in [1.54, 1.807) is 25.1 Å². The maximum Gasteiger partial charge on any atom is 0.332 e. The van der Waals surface area contributed by atoms with E-state index in [2.05, 4.69) is 10.3 Å². The molecule has 28 heavy (non-hydrogen) atoms. The van der Waals surface area contributed by atoms with Gasteiger partial charge in [-0.3, -0.25) is 18.7 Å². The second kappa shape index (κ2) is 7.18. The van der Waals surface area contributed by atoms with E-state index in [0.29, 0.717) is 28.3 Å². The van der Waals surface area contributed by atoms with Gasteiger partial charge in [-0.2, -0.15) is 0 Å². The normalized spacial score (nSPS) is 10.8. The number of ether oxygens (including phenoxy) is 2. The Hall–Kier alpha value is -3.62. The molecule has 0 atom stereocenters. The summed E-state index contributed by atoms with van der Waals surface area (Å²) in [6.07, 6.45) is 1.50. The second-order valence-electron chi connectivity index (χ2n) is 6.28. The maximum absolute atomic E-state index is 12.9. The highest BCUT2D eigenvalue weighted by Gasteiger charge is 2.18. The smallest absolute Gasteiger partial charge is 0.332 e.